The van der Waals surface area contributed by atoms with E-state index >= 15 is 0 Å². The molecule has 15 heteroatoms. The Kier molecular flexibility index (Phi) is 7.96. The molecule has 4 rings (SSSR count). The summed E-state index contributed by atoms with van der Waals surface area (Å²) in [6.45, 7) is 7.21. The van der Waals surface area contributed by atoms with E-state index in [0.29, 0.717) is 17.6 Å². The van der Waals surface area contributed by atoms with Crippen molar-refractivity contribution in [1.29, 1.82) is 5.26 Å². The smallest absolute Gasteiger partial charge is 0.434 e. The number of nitrogens with zero attached hydrogens (tertiary/aromatic N) is 7. The van der Waals surface area contributed by atoms with Crippen LogP contribution >= 0.6 is 11.6 Å². The van der Waals surface area contributed by atoms with Crippen LogP contribution in [0.25, 0.3) is 22.6 Å². The maximum absolute atomic E-state index is 14.9. The summed E-state index contributed by atoms with van der Waals surface area (Å²) in [4.78, 5) is 15.7. The van der Waals surface area contributed by atoms with E-state index in [1.165, 1.54) is 13.2 Å². The Bertz CT molecular complexity index is 1560. The minimum Gasteiger partial charge on any atom is -0.472 e. The minimum absolute atomic E-state index is 0.00537. The van der Waals surface area contributed by atoms with E-state index in [9.17, 15) is 22.8 Å². The van der Waals surface area contributed by atoms with Gasteiger partial charge in [0.2, 0.25) is 11.2 Å². The first-order valence-corrected chi connectivity index (χ1v) is 15.8. The van der Waals surface area contributed by atoms with Crippen molar-refractivity contribution < 1.29 is 27.0 Å². The van der Waals surface area contributed by atoms with E-state index < -0.39 is 25.8 Å². The highest BCUT2D eigenvalue weighted by Gasteiger charge is 2.35. The Morgan fingerprint density at radius 2 is 1.90 bits per heavy atom. The lowest BCUT2D eigenvalue weighted by Gasteiger charge is -2.15. The summed E-state index contributed by atoms with van der Waals surface area (Å²) >= 11 is 6.12. The Hall–Kier alpha value is -3.54. The van der Waals surface area contributed by atoms with Gasteiger partial charge in [-0.3, -0.25) is 0 Å². The third-order valence-electron chi connectivity index (χ3n) is 5.65. The van der Waals surface area contributed by atoms with E-state index in [-0.39, 0.29) is 47.1 Å². The van der Waals surface area contributed by atoms with Crippen LogP contribution in [-0.4, -0.2) is 43.8 Å². The third-order valence-corrected chi connectivity index (χ3v) is 7.53. The zero-order valence-corrected chi connectivity index (χ0v) is 23.2. The maximum Gasteiger partial charge on any atom is 0.434 e. The van der Waals surface area contributed by atoms with Gasteiger partial charge in [0.05, 0.1) is 10.9 Å². The van der Waals surface area contributed by atoms with Crippen LogP contribution in [0.3, 0.4) is 0 Å². The van der Waals surface area contributed by atoms with Gasteiger partial charge in [0.1, 0.15) is 25.1 Å². The molecular weight excluding hydrogens is 558 g/mol. The molecule has 0 aromatic carbocycles. The largest absolute Gasteiger partial charge is 0.472 e. The lowest BCUT2D eigenvalue weighted by atomic mass is 10.2. The monoisotopic (exact) mass is 581 g/mol. The molecule has 39 heavy (non-hydrogen) atoms. The number of hydrogen-bond donors (Lipinski definition) is 0. The van der Waals surface area contributed by atoms with Crippen molar-refractivity contribution in [2.45, 2.75) is 45.2 Å². The van der Waals surface area contributed by atoms with Gasteiger partial charge in [-0.1, -0.05) is 19.6 Å². The summed E-state index contributed by atoms with van der Waals surface area (Å²) in [6.07, 6.45) is -1.10. The molecule has 4 aromatic heterocycles. The summed E-state index contributed by atoms with van der Waals surface area (Å²) in [5, 5.41) is 9.86. The Morgan fingerprint density at radius 3 is 2.51 bits per heavy atom. The molecule has 9 nitrogen and oxygen atoms in total. The topological polar surface area (TPSA) is 104 Å². The first-order chi connectivity index (χ1) is 18.3. The van der Waals surface area contributed by atoms with Gasteiger partial charge in [0.15, 0.2) is 23.0 Å². The molecule has 0 aliphatic heterocycles. The SMILES string of the molecule is Cn1cc(C(F)(F)F)nc1-c1ncc(COc2nc(Cl)nc3c2c(C#N)cn3COCC[Si](C)(C)C)cc1F. The number of imidazole rings is 1. The van der Waals surface area contributed by atoms with Crippen LogP contribution in [0.1, 0.15) is 16.8 Å². The Balaban J connectivity index is 1.55. The van der Waals surface area contributed by atoms with Crippen LogP contribution < -0.4 is 4.74 Å². The lowest BCUT2D eigenvalue weighted by molar-refractivity contribution is -0.140. The normalized spacial score (nSPS) is 12.2. The third kappa shape index (κ3) is 6.55. The Labute approximate surface area is 227 Å². The zero-order chi connectivity index (χ0) is 28.5. The highest BCUT2D eigenvalue weighted by Crippen LogP contribution is 2.32. The first-order valence-electron chi connectivity index (χ1n) is 11.7. The van der Waals surface area contributed by atoms with Gasteiger partial charge in [-0.25, -0.2) is 14.4 Å². The number of alkyl halides is 3. The van der Waals surface area contributed by atoms with Crippen molar-refractivity contribution in [3.8, 4) is 23.5 Å². The van der Waals surface area contributed by atoms with Crippen molar-refractivity contribution >= 4 is 30.7 Å². The standard InChI is InChI=1S/C24H24ClF4N7O2Si/c1-35-11-17(24(27,28)29)32-21(35)19-16(26)7-14(9-31-19)12-38-22-18-15(8-30)10-36(20(18)33-23(25)34-22)13-37-5-6-39(2,3)4/h7,9-11H,5-6,12-13H2,1-4H3. The van der Waals surface area contributed by atoms with Crippen LogP contribution in [0, 0.1) is 17.1 Å². The number of nitriles is 1. The lowest BCUT2D eigenvalue weighted by Crippen LogP contribution is -2.22. The van der Waals surface area contributed by atoms with E-state index in [2.05, 4.69) is 45.6 Å². The molecule has 0 aliphatic carbocycles. The van der Waals surface area contributed by atoms with Crippen LogP contribution in [0.15, 0.2) is 24.7 Å². The van der Waals surface area contributed by atoms with Gasteiger partial charge < -0.3 is 18.6 Å². The van der Waals surface area contributed by atoms with Crippen LogP contribution in [0.2, 0.25) is 31.0 Å². The van der Waals surface area contributed by atoms with Crippen molar-refractivity contribution in [3.05, 3.63) is 52.6 Å². The number of halogens is 5. The average molecular weight is 582 g/mol. The molecule has 0 radical (unpaired) electrons. The van der Waals surface area contributed by atoms with E-state index in [1.54, 1.807) is 10.8 Å². The molecular formula is C24H24ClF4N7O2Si. The second kappa shape index (κ2) is 10.9. The van der Waals surface area contributed by atoms with Crippen LogP contribution in [0.5, 0.6) is 5.88 Å². The number of hydrogen-bond acceptors (Lipinski definition) is 7. The predicted octanol–water partition coefficient (Wildman–Crippen LogP) is 5.80. The van der Waals surface area contributed by atoms with E-state index in [1.807, 2.05) is 0 Å². The molecule has 4 aromatic rings. The zero-order valence-electron chi connectivity index (χ0n) is 21.5. The number of aryl methyl sites for hydroxylation is 1. The van der Waals surface area contributed by atoms with Gasteiger partial charge in [0.25, 0.3) is 0 Å². The molecule has 4 heterocycles. The molecule has 0 amide bonds. The quantitative estimate of drug-likeness (QED) is 0.106. The Morgan fingerprint density at radius 1 is 1.15 bits per heavy atom. The molecule has 0 spiro atoms. The second-order valence-electron chi connectivity index (χ2n) is 9.99. The summed E-state index contributed by atoms with van der Waals surface area (Å²) in [6, 6.07) is 4.12. The summed E-state index contributed by atoms with van der Waals surface area (Å²) in [7, 11) is 0.0325. The average Bonchev–Trinajstić information content (AvgIpc) is 3.40. The number of ether oxygens (including phenoxy) is 2. The first kappa shape index (κ1) is 28.5. The predicted molar refractivity (Wildman–Crippen MR) is 137 cm³/mol. The van der Waals surface area contributed by atoms with Gasteiger partial charge >= 0.3 is 6.18 Å². The van der Waals surface area contributed by atoms with Crippen LogP contribution in [-0.2, 0) is 31.3 Å². The highest BCUT2D eigenvalue weighted by molar-refractivity contribution is 6.76. The van der Waals surface area contributed by atoms with Crippen molar-refractivity contribution in [2.75, 3.05) is 6.61 Å². The second-order valence-corrected chi connectivity index (χ2v) is 15.9. The highest BCUT2D eigenvalue weighted by atomic mass is 35.5. The van der Waals surface area contributed by atoms with Crippen molar-refractivity contribution in [3.63, 3.8) is 0 Å². The molecule has 0 saturated heterocycles. The molecule has 0 N–H and O–H groups in total. The van der Waals surface area contributed by atoms with E-state index in [0.717, 1.165) is 22.9 Å². The van der Waals surface area contributed by atoms with Gasteiger partial charge in [-0.05, 0) is 23.7 Å². The van der Waals surface area contributed by atoms with Crippen molar-refractivity contribution in [2.24, 2.45) is 7.05 Å². The summed E-state index contributed by atoms with van der Waals surface area (Å²) in [5.74, 6) is -1.15. The molecule has 0 aliphatic rings. The number of rotatable bonds is 9. The molecule has 206 valence electrons. The molecule has 0 saturated carbocycles. The molecule has 0 atom stereocenters. The van der Waals surface area contributed by atoms with Gasteiger partial charge in [0, 0.05) is 45.9 Å². The molecule has 0 fully saturated rings. The minimum atomic E-state index is -4.67. The number of fused-ring (bicyclic) bond motifs is 1. The fourth-order valence-corrected chi connectivity index (χ4v) is 4.57. The number of aromatic nitrogens is 6. The fraction of sp³-hybridized carbons (Fsp3) is 0.375. The van der Waals surface area contributed by atoms with Crippen molar-refractivity contribution in [1.82, 2.24) is 29.1 Å². The van der Waals surface area contributed by atoms with E-state index in [4.69, 9.17) is 21.1 Å². The molecule has 0 bridgehead atoms. The van der Waals surface area contributed by atoms with Gasteiger partial charge in [-0.15, -0.1) is 0 Å². The fourth-order valence-electron chi connectivity index (χ4n) is 3.65. The van der Waals surface area contributed by atoms with Gasteiger partial charge in [-0.2, -0.15) is 28.4 Å². The number of pyridine rings is 1. The summed E-state index contributed by atoms with van der Waals surface area (Å²) < 4.78 is 68.0. The summed E-state index contributed by atoms with van der Waals surface area (Å²) in [5.41, 5.74) is -0.663. The maximum atomic E-state index is 14.9. The molecule has 0 unspecified atom stereocenters. The van der Waals surface area contributed by atoms with Crippen LogP contribution in [0.4, 0.5) is 17.6 Å².